The molecule has 106 valence electrons. The number of aromatic nitrogens is 1. The Balaban J connectivity index is 1.98. The number of nitrogens with zero attached hydrogens (tertiary/aromatic N) is 1. The number of ether oxygens (including phenoxy) is 1. The molecule has 0 radical (unpaired) electrons. The number of rotatable bonds is 5. The smallest absolute Gasteiger partial charge is 0.126 e. The van der Waals surface area contributed by atoms with Crippen LogP contribution >= 0.6 is 0 Å². The van der Waals surface area contributed by atoms with Gasteiger partial charge in [0.25, 0.3) is 0 Å². The summed E-state index contributed by atoms with van der Waals surface area (Å²) in [6.07, 6.45) is 6.69. The van der Waals surface area contributed by atoms with Gasteiger partial charge in [-0.2, -0.15) is 0 Å². The molecule has 2 rings (SSSR count). The molecular weight excluding hydrogens is 236 g/mol. The Bertz CT molecular complexity index is 386. The lowest BCUT2D eigenvalue weighted by atomic mass is 9.81. The number of hydrogen-bond donors (Lipinski definition) is 1. The molecule has 2 N–H and O–H groups in total. The predicted molar refractivity (Wildman–Crippen MR) is 79.0 cm³/mol. The average Bonchev–Trinajstić information content (AvgIpc) is 2.42. The highest BCUT2D eigenvalue weighted by Crippen LogP contribution is 2.34. The van der Waals surface area contributed by atoms with Crippen LogP contribution in [-0.2, 0) is 4.74 Å². The first-order valence-electron chi connectivity index (χ1n) is 7.46. The minimum Gasteiger partial charge on any atom is -0.383 e. The molecule has 1 aliphatic heterocycles. The van der Waals surface area contributed by atoms with Crippen LogP contribution in [-0.4, -0.2) is 18.2 Å². The SMILES string of the molecule is CC(C)[C@H](CCC1CCOCC1)c1cccnc1N. The van der Waals surface area contributed by atoms with Gasteiger partial charge >= 0.3 is 0 Å². The lowest BCUT2D eigenvalue weighted by Crippen LogP contribution is -2.18. The van der Waals surface area contributed by atoms with Crippen molar-refractivity contribution in [2.45, 2.75) is 45.4 Å². The van der Waals surface area contributed by atoms with Gasteiger partial charge in [-0.1, -0.05) is 19.9 Å². The molecule has 1 saturated heterocycles. The Hall–Kier alpha value is -1.09. The van der Waals surface area contributed by atoms with Gasteiger partial charge in [0.05, 0.1) is 0 Å². The van der Waals surface area contributed by atoms with Crippen LogP contribution in [0, 0.1) is 11.8 Å². The molecule has 1 aromatic heterocycles. The van der Waals surface area contributed by atoms with E-state index in [2.05, 4.69) is 24.9 Å². The summed E-state index contributed by atoms with van der Waals surface area (Å²) in [7, 11) is 0. The van der Waals surface area contributed by atoms with Crippen LogP contribution in [0.1, 0.15) is 51.0 Å². The summed E-state index contributed by atoms with van der Waals surface area (Å²) in [4.78, 5) is 4.23. The van der Waals surface area contributed by atoms with Gasteiger partial charge in [-0.15, -0.1) is 0 Å². The summed E-state index contributed by atoms with van der Waals surface area (Å²) in [6, 6.07) is 4.13. The quantitative estimate of drug-likeness (QED) is 0.881. The van der Waals surface area contributed by atoms with Gasteiger partial charge in [0.2, 0.25) is 0 Å². The Morgan fingerprint density at radius 2 is 2.11 bits per heavy atom. The number of nitrogen functional groups attached to an aromatic ring is 1. The van der Waals surface area contributed by atoms with Gasteiger partial charge in [0, 0.05) is 19.4 Å². The maximum Gasteiger partial charge on any atom is 0.126 e. The normalized spacial score (nSPS) is 18.7. The third-order valence-electron chi connectivity index (χ3n) is 4.30. The second-order valence-corrected chi connectivity index (χ2v) is 5.96. The van der Waals surface area contributed by atoms with Crippen LogP contribution in [0.15, 0.2) is 18.3 Å². The van der Waals surface area contributed by atoms with Crippen molar-refractivity contribution in [3.8, 4) is 0 Å². The third kappa shape index (κ3) is 3.93. The van der Waals surface area contributed by atoms with E-state index < -0.39 is 0 Å². The maximum atomic E-state index is 6.04. The van der Waals surface area contributed by atoms with Gasteiger partial charge < -0.3 is 10.5 Å². The summed E-state index contributed by atoms with van der Waals surface area (Å²) in [6.45, 7) is 6.43. The zero-order valence-electron chi connectivity index (χ0n) is 12.1. The standard InChI is InChI=1S/C16H26N2O/c1-12(2)14(15-4-3-9-18-16(15)17)6-5-13-7-10-19-11-8-13/h3-4,9,12-14H,5-8,10-11H2,1-2H3,(H2,17,18)/t14-/m0/s1. The van der Waals surface area contributed by atoms with Gasteiger partial charge in [-0.25, -0.2) is 4.98 Å². The predicted octanol–water partition coefficient (Wildman–Crippen LogP) is 3.61. The number of pyridine rings is 1. The average molecular weight is 262 g/mol. The van der Waals surface area contributed by atoms with Crippen LogP contribution in [0.5, 0.6) is 0 Å². The summed E-state index contributed by atoms with van der Waals surface area (Å²) in [5.41, 5.74) is 7.26. The van der Waals surface area contributed by atoms with Crippen molar-refractivity contribution in [2.24, 2.45) is 11.8 Å². The summed E-state index contributed by atoms with van der Waals surface area (Å²) in [5, 5.41) is 0. The van der Waals surface area contributed by atoms with Gasteiger partial charge in [0.15, 0.2) is 0 Å². The second-order valence-electron chi connectivity index (χ2n) is 5.96. The first kappa shape index (κ1) is 14.3. The van der Waals surface area contributed by atoms with E-state index in [4.69, 9.17) is 10.5 Å². The minimum atomic E-state index is 0.525. The largest absolute Gasteiger partial charge is 0.383 e. The van der Waals surface area contributed by atoms with Gasteiger partial charge in [-0.05, 0) is 55.1 Å². The Morgan fingerprint density at radius 3 is 2.74 bits per heavy atom. The summed E-state index contributed by atoms with van der Waals surface area (Å²) < 4.78 is 5.43. The minimum absolute atomic E-state index is 0.525. The van der Waals surface area contributed by atoms with E-state index in [0.29, 0.717) is 17.7 Å². The zero-order chi connectivity index (χ0) is 13.7. The molecule has 1 aromatic rings. The van der Waals surface area contributed by atoms with Crippen LogP contribution in [0.2, 0.25) is 0 Å². The van der Waals surface area contributed by atoms with Crippen LogP contribution in [0.3, 0.4) is 0 Å². The molecule has 1 fully saturated rings. The number of hydrogen-bond acceptors (Lipinski definition) is 3. The molecule has 3 nitrogen and oxygen atoms in total. The van der Waals surface area contributed by atoms with Crippen molar-refractivity contribution in [1.29, 1.82) is 0 Å². The molecule has 0 saturated carbocycles. The Kier molecular flexibility index (Phi) is 5.20. The molecule has 0 aromatic carbocycles. The first-order valence-corrected chi connectivity index (χ1v) is 7.46. The highest BCUT2D eigenvalue weighted by atomic mass is 16.5. The molecule has 0 amide bonds. The van der Waals surface area contributed by atoms with Crippen LogP contribution < -0.4 is 5.73 Å². The summed E-state index contributed by atoms with van der Waals surface area (Å²) >= 11 is 0. The fourth-order valence-corrected chi connectivity index (χ4v) is 3.04. The molecule has 0 unspecified atom stereocenters. The van der Waals surface area contributed by atoms with Crippen molar-refractivity contribution < 1.29 is 4.74 Å². The monoisotopic (exact) mass is 262 g/mol. The van der Waals surface area contributed by atoms with E-state index >= 15 is 0 Å². The topological polar surface area (TPSA) is 48.1 Å². The molecular formula is C16H26N2O. The molecule has 1 atom stereocenters. The van der Waals surface area contributed by atoms with Gasteiger partial charge in [0.1, 0.15) is 5.82 Å². The summed E-state index contributed by atoms with van der Waals surface area (Å²) in [5.74, 6) is 2.66. The highest BCUT2D eigenvalue weighted by Gasteiger charge is 2.21. The van der Waals surface area contributed by atoms with E-state index in [-0.39, 0.29) is 0 Å². The molecule has 1 aliphatic rings. The molecule has 2 heterocycles. The molecule has 3 heteroatoms. The Morgan fingerprint density at radius 1 is 1.37 bits per heavy atom. The maximum absolute atomic E-state index is 6.04. The highest BCUT2D eigenvalue weighted by molar-refractivity contribution is 5.41. The lowest BCUT2D eigenvalue weighted by Gasteiger charge is -2.27. The van der Waals surface area contributed by atoms with Crippen molar-refractivity contribution in [3.05, 3.63) is 23.9 Å². The van der Waals surface area contributed by atoms with Crippen LogP contribution in [0.4, 0.5) is 5.82 Å². The van der Waals surface area contributed by atoms with E-state index in [0.717, 1.165) is 19.1 Å². The van der Waals surface area contributed by atoms with Crippen molar-refractivity contribution >= 4 is 5.82 Å². The van der Waals surface area contributed by atoms with Crippen molar-refractivity contribution in [1.82, 2.24) is 4.98 Å². The van der Waals surface area contributed by atoms with E-state index in [1.54, 1.807) is 6.20 Å². The van der Waals surface area contributed by atoms with E-state index in [9.17, 15) is 0 Å². The van der Waals surface area contributed by atoms with Crippen molar-refractivity contribution in [2.75, 3.05) is 18.9 Å². The molecule has 0 aliphatic carbocycles. The fraction of sp³-hybridized carbons (Fsp3) is 0.688. The first-order chi connectivity index (χ1) is 9.18. The van der Waals surface area contributed by atoms with Gasteiger partial charge in [-0.3, -0.25) is 0 Å². The van der Waals surface area contributed by atoms with Crippen LogP contribution in [0.25, 0.3) is 0 Å². The van der Waals surface area contributed by atoms with E-state index in [1.165, 1.54) is 31.2 Å². The van der Waals surface area contributed by atoms with E-state index in [1.807, 2.05) is 6.07 Å². The zero-order valence-corrected chi connectivity index (χ0v) is 12.1. The lowest BCUT2D eigenvalue weighted by molar-refractivity contribution is 0.0623. The number of anilines is 1. The molecule has 0 spiro atoms. The third-order valence-corrected chi connectivity index (χ3v) is 4.30. The Labute approximate surface area is 116 Å². The molecule has 0 bridgehead atoms. The fourth-order valence-electron chi connectivity index (χ4n) is 3.04. The van der Waals surface area contributed by atoms with Crippen molar-refractivity contribution in [3.63, 3.8) is 0 Å². The molecule has 19 heavy (non-hydrogen) atoms. The second kappa shape index (κ2) is 6.90. The number of nitrogens with two attached hydrogens (primary N) is 1.